The van der Waals surface area contributed by atoms with Crippen LogP contribution in [0, 0.1) is 13.8 Å². The number of rotatable bonds is 1. The normalized spacial score (nSPS) is 11.1. The Morgan fingerprint density at radius 2 is 2.00 bits per heavy atom. The van der Waals surface area contributed by atoms with Gasteiger partial charge in [-0.15, -0.1) is 11.3 Å². The third kappa shape index (κ3) is 1.98. The zero-order chi connectivity index (χ0) is 12.7. The summed E-state index contributed by atoms with van der Waals surface area (Å²) in [7, 11) is 0. The summed E-state index contributed by atoms with van der Waals surface area (Å²) in [6.07, 6.45) is 1.76. The van der Waals surface area contributed by atoms with Gasteiger partial charge >= 0.3 is 0 Å². The molecule has 0 saturated heterocycles. The monoisotopic (exact) mass is 275 g/mol. The predicted molar refractivity (Wildman–Crippen MR) is 75.1 cm³/mol. The fourth-order valence-corrected chi connectivity index (χ4v) is 2.94. The molecule has 0 aliphatic rings. The molecule has 0 aromatic carbocycles. The Morgan fingerprint density at radius 3 is 2.78 bits per heavy atom. The van der Waals surface area contributed by atoms with Crippen molar-refractivity contribution >= 4 is 33.2 Å². The van der Waals surface area contributed by atoms with Gasteiger partial charge in [0.1, 0.15) is 15.7 Å². The average molecular weight is 276 g/mol. The highest BCUT2D eigenvalue weighted by molar-refractivity contribution is 7.18. The summed E-state index contributed by atoms with van der Waals surface area (Å²) < 4.78 is 0. The number of aryl methyl sites for hydroxylation is 2. The molecule has 3 nitrogen and oxygen atoms in total. The van der Waals surface area contributed by atoms with E-state index >= 15 is 0 Å². The van der Waals surface area contributed by atoms with Crippen LogP contribution in [-0.4, -0.2) is 15.0 Å². The summed E-state index contributed by atoms with van der Waals surface area (Å²) in [5, 5.41) is 1.40. The molecule has 0 aliphatic carbocycles. The number of halogens is 1. The van der Waals surface area contributed by atoms with Gasteiger partial charge in [-0.05, 0) is 37.6 Å². The Hall–Kier alpha value is -1.52. The molecule has 0 aliphatic heterocycles. The number of pyridine rings is 1. The lowest BCUT2D eigenvalue weighted by Crippen LogP contribution is -1.92. The van der Waals surface area contributed by atoms with E-state index < -0.39 is 0 Å². The number of aromatic nitrogens is 3. The van der Waals surface area contributed by atoms with E-state index in [1.54, 1.807) is 17.5 Å². The summed E-state index contributed by atoms with van der Waals surface area (Å²) in [5.41, 5.74) is 1.88. The quantitative estimate of drug-likeness (QED) is 0.630. The van der Waals surface area contributed by atoms with E-state index in [0.717, 1.165) is 21.5 Å². The van der Waals surface area contributed by atoms with E-state index in [-0.39, 0.29) is 0 Å². The molecule has 18 heavy (non-hydrogen) atoms. The molecule has 0 bridgehead atoms. The minimum atomic E-state index is 0.489. The fourth-order valence-electron chi connectivity index (χ4n) is 1.78. The van der Waals surface area contributed by atoms with Crippen LogP contribution in [0.4, 0.5) is 0 Å². The molecule has 90 valence electrons. The Bertz CT molecular complexity index is 736. The highest BCUT2D eigenvalue weighted by Gasteiger charge is 2.11. The third-order valence-electron chi connectivity index (χ3n) is 2.61. The van der Waals surface area contributed by atoms with Crippen molar-refractivity contribution in [2.45, 2.75) is 13.8 Å². The van der Waals surface area contributed by atoms with Crippen LogP contribution in [-0.2, 0) is 0 Å². The molecular weight excluding hydrogens is 266 g/mol. The van der Waals surface area contributed by atoms with E-state index in [4.69, 9.17) is 11.6 Å². The second-order valence-corrected chi connectivity index (χ2v) is 5.73. The largest absolute Gasteiger partial charge is 0.253 e. The second kappa shape index (κ2) is 4.30. The predicted octanol–water partition coefficient (Wildman–Crippen LogP) is 4.02. The summed E-state index contributed by atoms with van der Waals surface area (Å²) in [6, 6.07) is 5.91. The average Bonchev–Trinajstić information content (AvgIpc) is 2.70. The van der Waals surface area contributed by atoms with Gasteiger partial charge in [0.25, 0.3) is 0 Å². The van der Waals surface area contributed by atoms with Crippen molar-refractivity contribution < 1.29 is 0 Å². The Labute approximate surface area is 114 Å². The molecule has 0 radical (unpaired) electrons. The van der Waals surface area contributed by atoms with Crippen molar-refractivity contribution in [1.29, 1.82) is 0 Å². The minimum Gasteiger partial charge on any atom is -0.253 e. The van der Waals surface area contributed by atoms with E-state index in [1.807, 2.05) is 32.0 Å². The summed E-state index contributed by atoms with van der Waals surface area (Å²) >= 11 is 7.81. The van der Waals surface area contributed by atoms with Crippen molar-refractivity contribution in [2.75, 3.05) is 0 Å². The van der Waals surface area contributed by atoms with Gasteiger partial charge in [0.2, 0.25) is 0 Å². The first-order valence-electron chi connectivity index (χ1n) is 5.50. The maximum absolute atomic E-state index is 6.19. The molecule has 0 spiro atoms. The molecule has 0 saturated carbocycles. The van der Waals surface area contributed by atoms with Gasteiger partial charge in [0.15, 0.2) is 5.82 Å². The molecular formula is C13H10ClN3S. The summed E-state index contributed by atoms with van der Waals surface area (Å²) in [5.74, 6) is 0.582. The summed E-state index contributed by atoms with van der Waals surface area (Å²) in [6.45, 7) is 4.05. The van der Waals surface area contributed by atoms with Crippen molar-refractivity contribution in [3.05, 3.63) is 40.0 Å². The second-order valence-electron chi connectivity index (χ2n) is 4.13. The van der Waals surface area contributed by atoms with Gasteiger partial charge in [0.05, 0.1) is 0 Å². The van der Waals surface area contributed by atoms with Crippen molar-refractivity contribution in [3.63, 3.8) is 0 Å². The van der Waals surface area contributed by atoms with Gasteiger partial charge in [-0.2, -0.15) is 0 Å². The first kappa shape index (κ1) is 11.6. The van der Waals surface area contributed by atoms with E-state index in [0.29, 0.717) is 11.0 Å². The lowest BCUT2D eigenvalue weighted by Gasteiger charge is -2.01. The smallest absolute Gasteiger partial charge is 0.180 e. The molecule has 0 atom stereocenters. The Kier molecular flexibility index (Phi) is 2.76. The van der Waals surface area contributed by atoms with Gasteiger partial charge in [-0.3, -0.25) is 4.98 Å². The van der Waals surface area contributed by atoms with Crippen LogP contribution in [0.15, 0.2) is 24.4 Å². The third-order valence-corrected chi connectivity index (χ3v) is 3.85. The SMILES string of the molecule is Cc1ccnc(-c2nc(Cl)c3cc(C)sc3n2)c1. The van der Waals surface area contributed by atoms with Crippen molar-refractivity contribution in [1.82, 2.24) is 15.0 Å². The molecule has 0 unspecified atom stereocenters. The van der Waals surface area contributed by atoms with Crippen LogP contribution in [0.2, 0.25) is 5.15 Å². The maximum Gasteiger partial charge on any atom is 0.180 e. The summed E-state index contributed by atoms with van der Waals surface area (Å²) in [4.78, 5) is 15.2. The number of nitrogens with zero attached hydrogens (tertiary/aromatic N) is 3. The van der Waals surface area contributed by atoms with Gasteiger partial charge in [-0.25, -0.2) is 9.97 Å². The molecule has 0 amide bonds. The first-order chi connectivity index (χ1) is 8.63. The Morgan fingerprint density at radius 1 is 1.17 bits per heavy atom. The highest BCUT2D eigenvalue weighted by Crippen LogP contribution is 2.30. The van der Waals surface area contributed by atoms with Crippen LogP contribution in [0.5, 0.6) is 0 Å². The number of fused-ring (bicyclic) bond motifs is 1. The van der Waals surface area contributed by atoms with Crippen molar-refractivity contribution in [3.8, 4) is 11.5 Å². The zero-order valence-corrected chi connectivity index (χ0v) is 11.5. The van der Waals surface area contributed by atoms with Crippen LogP contribution in [0.1, 0.15) is 10.4 Å². The van der Waals surface area contributed by atoms with Gasteiger partial charge < -0.3 is 0 Å². The molecule has 3 rings (SSSR count). The molecule has 5 heteroatoms. The minimum absolute atomic E-state index is 0.489. The lowest BCUT2D eigenvalue weighted by atomic mass is 10.2. The maximum atomic E-state index is 6.19. The van der Waals surface area contributed by atoms with E-state index in [2.05, 4.69) is 15.0 Å². The lowest BCUT2D eigenvalue weighted by molar-refractivity contribution is 1.17. The highest BCUT2D eigenvalue weighted by atomic mass is 35.5. The zero-order valence-electron chi connectivity index (χ0n) is 9.94. The number of hydrogen-bond acceptors (Lipinski definition) is 4. The van der Waals surface area contributed by atoms with Crippen LogP contribution < -0.4 is 0 Å². The van der Waals surface area contributed by atoms with Crippen LogP contribution in [0.25, 0.3) is 21.7 Å². The molecule has 0 fully saturated rings. The van der Waals surface area contributed by atoms with E-state index in [9.17, 15) is 0 Å². The molecule has 0 N–H and O–H groups in total. The van der Waals surface area contributed by atoms with Gasteiger partial charge in [0, 0.05) is 16.5 Å². The standard InChI is InChI=1S/C13H10ClN3S/c1-7-3-4-15-10(5-7)12-16-11(14)9-6-8(2)18-13(9)17-12/h3-6H,1-2H3. The first-order valence-corrected chi connectivity index (χ1v) is 6.69. The molecule has 3 heterocycles. The van der Waals surface area contributed by atoms with Crippen molar-refractivity contribution in [2.24, 2.45) is 0 Å². The molecule has 3 aromatic rings. The molecule has 3 aromatic heterocycles. The van der Waals surface area contributed by atoms with Crippen LogP contribution in [0.3, 0.4) is 0 Å². The number of thiophene rings is 1. The van der Waals surface area contributed by atoms with E-state index in [1.165, 1.54) is 4.88 Å². The van der Waals surface area contributed by atoms with Gasteiger partial charge in [-0.1, -0.05) is 11.6 Å². The fraction of sp³-hybridized carbons (Fsp3) is 0.154. The Balaban J connectivity index is 2.24. The number of hydrogen-bond donors (Lipinski definition) is 0. The topological polar surface area (TPSA) is 38.7 Å². The van der Waals surface area contributed by atoms with Crippen LogP contribution >= 0.6 is 22.9 Å².